The lowest BCUT2D eigenvalue weighted by molar-refractivity contribution is -0.120. The Morgan fingerprint density at radius 2 is 1.88 bits per heavy atom. The van der Waals surface area contributed by atoms with Gasteiger partial charge in [0.1, 0.15) is 11.4 Å². The Balaban J connectivity index is 1.48. The summed E-state index contributed by atoms with van der Waals surface area (Å²) in [5.41, 5.74) is 2.25. The smallest absolute Gasteiger partial charge is 0.226 e. The van der Waals surface area contributed by atoms with Crippen molar-refractivity contribution in [3.63, 3.8) is 0 Å². The number of hydrogen-bond donors (Lipinski definition) is 2. The third-order valence-electron chi connectivity index (χ3n) is 7.37. The second kappa shape index (κ2) is 10.1. The molecule has 1 aromatic heterocycles. The lowest BCUT2D eigenvalue weighted by Crippen LogP contribution is -2.52. The quantitative estimate of drug-likeness (QED) is 0.657. The van der Waals surface area contributed by atoms with Crippen LogP contribution in [0.25, 0.3) is 0 Å². The molecule has 1 amide bonds. The van der Waals surface area contributed by atoms with Crippen molar-refractivity contribution in [3.8, 4) is 0 Å². The molecule has 8 heteroatoms. The maximum atomic E-state index is 12.7. The summed E-state index contributed by atoms with van der Waals surface area (Å²) in [6.45, 7) is 6.41. The molecule has 0 bridgehead atoms. The van der Waals surface area contributed by atoms with Gasteiger partial charge in [-0.25, -0.2) is 4.63 Å². The molecule has 1 saturated heterocycles. The zero-order valence-electron chi connectivity index (χ0n) is 19.2. The third kappa shape index (κ3) is 5.19. The highest BCUT2D eigenvalue weighted by Crippen LogP contribution is 2.39. The number of benzene rings is 1. The fourth-order valence-corrected chi connectivity index (χ4v) is 5.19. The van der Waals surface area contributed by atoms with Crippen molar-refractivity contribution in [2.24, 2.45) is 0 Å². The Morgan fingerprint density at radius 1 is 1.16 bits per heavy atom. The van der Waals surface area contributed by atoms with E-state index in [1.165, 1.54) is 5.56 Å². The highest BCUT2D eigenvalue weighted by Gasteiger charge is 2.40. The Morgan fingerprint density at radius 3 is 2.56 bits per heavy atom. The van der Waals surface area contributed by atoms with Crippen LogP contribution < -0.4 is 5.32 Å². The summed E-state index contributed by atoms with van der Waals surface area (Å²) < 4.78 is 4.72. The van der Waals surface area contributed by atoms with E-state index < -0.39 is 0 Å². The molecule has 2 fully saturated rings. The number of nitrogens with zero attached hydrogens (tertiary/aromatic N) is 4. The normalized spacial score (nSPS) is 27.7. The number of amides is 1. The van der Waals surface area contributed by atoms with E-state index in [1.54, 1.807) is 6.92 Å². The lowest BCUT2D eigenvalue weighted by Gasteiger charge is -2.39. The number of piperazine rings is 1. The third-order valence-corrected chi connectivity index (χ3v) is 7.37. The first-order valence-corrected chi connectivity index (χ1v) is 11.7. The minimum atomic E-state index is -0.344. The average Bonchev–Trinajstić information content (AvgIpc) is 3.12. The second-order valence-corrected chi connectivity index (χ2v) is 9.45. The average molecular weight is 442 g/mol. The van der Waals surface area contributed by atoms with Crippen LogP contribution in [0.4, 0.5) is 0 Å². The van der Waals surface area contributed by atoms with Crippen LogP contribution in [0.5, 0.6) is 0 Å². The van der Waals surface area contributed by atoms with E-state index in [1.807, 2.05) is 6.07 Å². The number of aromatic nitrogens is 2. The molecular formula is C24H35N5O3. The van der Waals surface area contributed by atoms with Crippen molar-refractivity contribution in [1.82, 2.24) is 25.4 Å². The van der Waals surface area contributed by atoms with Crippen LogP contribution in [-0.4, -0.2) is 83.0 Å². The first kappa shape index (κ1) is 22.9. The number of rotatable bonds is 6. The van der Waals surface area contributed by atoms with Gasteiger partial charge in [0.15, 0.2) is 0 Å². The van der Waals surface area contributed by atoms with Crippen molar-refractivity contribution < 1.29 is 14.5 Å². The number of likely N-dealkylation sites (N-methyl/N-ethyl adjacent to an activating group) is 1. The fourth-order valence-electron chi connectivity index (χ4n) is 5.19. The molecule has 0 unspecified atom stereocenters. The van der Waals surface area contributed by atoms with Gasteiger partial charge in [0, 0.05) is 44.2 Å². The van der Waals surface area contributed by atoms with E-state index in [4.69, 9.17) is 4.63 Å². The molecule has 0 radical (unpaired) electrons. The number of carbonyl (C=O) groups is 1. The molecule has 174 valence electrons. The van der Waals surface area contributed by atoms with Crippen LogP contribution in [-0.2, 0) is 16.6 Å². The first-order valence-electron chi connectivity index (χ1n) is 11.7. The van der Waals surface area contributed by atoms with Crippen LogP contribution >= 0.6 is 0 Å². The Hall–Kier alpha value is -2.29. The lowest BCUT2D eigenvalue weighted by atomic mass is 9.74. The fraction of sp³-hybridized carbons (Fsp3) is 0.625. The minimum absolute atomic E-state index is 0.0838. The summed E-state index contributed by atoms with van der Waals surface area (Å²) in [5, 5.41) is 21.8. The highest BCUT2D eigenvalue weighted by atomic mass is 16.6. The molecule has 1 aliphatic carbocycles. The van der Waals surface area contributed by atoms with Crippen molar-refractivity contribution >= 4 is 5.91 Å². The van der Waals surface area contributed by atoms with Crippen molar-refractivity contribution in [2.75, 3.05) is 39.8 Å². The zero-order valence-corrected chi connectivity index (χ0v) is 19.2. The molecule has 1 aromatic carbocycles. The Kier molecular flexibility index (Phi) is 7.23. The van der Waals surface area contributed by atoms with Gasteiger partial charge in [-0.1, -0.05) is 40.6 Å². The second-order valence-electron chi connectivity index (χ2n) is 9.45. The maximum absolute atomic E-state index is 12.7. The molecule has 0 spiro atoms. The molecule has 8 nitrogen and oxygen atoms in total. The molecule has 2 aliphatic rings. The van der Waals surface area contributed by atoms with E-state index in [9.17, 15) is 9.90 Å². The molecule has 2 N–H and O–H groups in total. The summed E-state index contributed by atoms with van der Waals surface area (Å²) in [6.07, 6.45) is 3.23. The highest BCUT2D eigenvalue weighted by molar-refractivity contribution is 5.78. The summed E-state index contributed by atoms with van der Waals surface area (Å²) in [4.78, 5) is 17.5. The van der Waals surface area contributed by atoms with Gasteiger partial charge in [0.2, 0.25) is 5.91 Å². The summed E-state index contributed by atoms with van der Waals surface area (Å²) >= 11 is 0. The van der Waals surface area contributed by atoms with Crippen LogP contribution in [0, 0.1) is 6.92 Å². The molecule has 3 atom stereocenters. The van der Waals surface area contributed by atoms with Gasteiger partial charge in [0.05, 0.1) is 12.5 Å². The minimum Gasteiger partial charge on any atom is -0.391 e. The number of aliphatic hydroxyl groups is 1. The Bertz CT molecular complexity index is 881. The van der Waals surface area contributed by atoms with E-state index in [-0.39, 0.29) is 29.9 Å². The van der Waals surface area contributed by atoms with Crippen LogP contribution in [0.3, 0.4) is 0 Å². The summed E-state index contributed by atoms with van der Waals surface area (Å²) in [7, 11) is 2.15. The van der Waals surface area contributed by atoms with Gasteiger partial charge in [-0.05, 0) is 45.2 Å². The van der Waals surface area contributed by atoms with E-state index in [0.29, 0.717) is 17.9 Å². The van der Waals surface area contributed by atoms with Crippen molar-refractivity contribution in [1.29, 1.82) is 0 Å². The van der Waals surface area contributed by atoms with Gasteiger partial charge < -0.3 is 15.3 Å². The van der Waals surface area contributed by atoms with Gasteiger partial charge in [0.25, 0.3) is 0 Å². The summed E-state index contributed by atoms with van der Waals surface area (Å²) in [5.74, 6) is -0.0838. The molecule has 1 aliphatic heterocycles. The van der Waals surface area contributed by atoms with E-state index in [2.05, 4.69) is 56.7 Å². The monoisotopic (exact) mass is 441 g/mol. The standard InChI is InChI=1S/C24H35N5O3/c1-18-20(27-32-26-18)16-23(31)25-17-24(19-6-4-3-5-7-19)10-8-21(22(30)9-11-24)29-14-12-28(2)13-15-29/h3-7,21-22,30H,8-17H2,1-2H3,(H,25,31)/t21-,22-,24-/m0/s1. The van der Waals surface area contributed by atoms with Crippen LogP contribution in [0.1, 0.15) is 42.6 Å². The topological polar surface area (TPSA) is 94.7 Å². The predicted molar refractivity (Wildman–Crippen MR) is 121 cm³/mol. The summed E-state index contributed by atoms with van der Waals surface area (Å²) in [6, 6.07) is 10.6. The number of hydrogen-bond acceptors (Lipinski definition) is 7. The first-order chi connectivity index (χ1) is 15.5. The van der Waals surface area contributed by atoms with Gasteiger partial charge in [-0.3, -0.25) is 9.69 Å². The number of carbonyl (C=O) groups excluding carboxylic acids is 1. The van der Waals surface area contributed by atoms with Gasteiger partial charge >= 0.3 is 0 Å². The maximum Gasteiger partial charge on any atom is 0.226 e. The zero-order chi connectivity index (χ0) is 22.6. The van der Waals surface area contributed by atoms with Crippen molar-refractivity contribution in [2.45, 2.75) is 56.6 Å². The van der Waals surface area contributed by atoms with E-state index in [0.717, 1.165) is 51.9 Å². The molecular weight excluding hydrogens is 406 g/mol. The number of aliphatic hydroxyl groups excluding tert-OH is 1. The number of aryl methyl sites for hydroxylation is 1. The van der Waals surface area contributed by atoms with Crippen molar-refractivity contribution in [3.05, 3.63) is 47.3 Å². The van der Waals surface area contributed by atoms with Gasteiger partial charge in [-0.15, -0.1) is 0 Å². The SMILES string of the molecule is Cc1nonc1CC(=O)NC[C@@]1(c2ccccc2)CC[C@H](O)[C@@H](N2CCN(C)CC2)CC1. The molecule has 1 saturated carbocycles. The van der Waals surface area contributed by atoms with Crippen LogP contribution in [0.15, 0.2) is 35.0 Å². The Labute approximate surface area is 189 Å². The van der Waals surface area contributed by atoms with Crippen LogP contribution in [0.2, 0.25) is 0 Å². The molecule has 4 rings (SSSR count). The van der Waals surface area contributed by atoms with E-state index >= 15 is 0 Å². The molecule has 2 heterocycles. The molecule has 2 aromatic rings. The number of nitrogens with one attached hydrogen (secondary N) is 1. The largest absolute Gasteiger partial charge is 0.391 e. The van der Waals surface area contributed by atoms with Gasteiger partial charge in [-0.2, -0.15) is 0 Å². The molecule has 32 heavy (non-hydrogen) atoms. The predicted octanol–water partition coefficient (Wildman–Crippen LogP) is 1.53.